The Hall–Kier alpha value is -1.30. The molecular formula is C13H24N2O4. The van der Waals surface area contributed by atoms with Crippen LogP contribution in [0.25, 0.3) is 0 Å². The SMILES string of the molecule is CC(C)(C)C(NC(=O)N1CCCC(CO)C1)C(=O)O. The topological polar surface area (TPSA) is 89.9 Å². The molecule has 110 valence electrons. The molecule has 0 bridgehead atoms. The van der Waals surface area contributed by atoms with Crippen LogP contribution in [0.2, 0.25) is 0 Å². The largest absolute Gasteiger partial charge is 0.480 e. The van der Waals surface area contributed by atoms with Crippen LogP contribution in [0.15, 0.2) is 0 Å². The van der Waals surface area contributed by atoms with E-state index in [0.717, 1.165) is 12.8 Å². The minimum Gasteiger partial charge on any atom is -0.480 e. The van der Waals surface area contributed by atoms with E-state index in [-0.39, 0.29) is 18.6 Å². The zero-order chi connectivity index (χ0) is 14.6. The van der Waals surface area contributed by atoms with Gasteiger partial charge in [-0.25, -0.2) is 9.59 Å². The number of amides is 2. The number of aliphatic hydroxyl groups is 1. The van der Waals surface area contributed by atoms with Crippen molar-refractivity contribution in [2.75, 3.05) is 19.7 Å². The zero-order valence-corrected chi connectivity index (χ0v) is 11.8. The Bertz CT molecular complexity index is 338. The number of hydrogen-bond donors (Lipinski definition) is 3. The molecule has 0 aromatic rings. The van der Waals surface area contributed by atoms with Crippen LogP contribution in [-0.2, 0) is 4.79 Å². The lowest BCUT2D eigenvalue weighted by Crippen LogP contribution is -2.55. The van der Waals surface area contributed by atoms with Gasteiger partial charge in [0.25, 0.3) is 0 Å². The number of carbonyl (C=O) groups is 2. The van der Waals surface area contributed by atoms with Crippen molar-refractivity contribution in [2.24, 2.45) is 11.3 Å². The monoisotopic (exact) mass is 272 g/mol. The van der Waals surface area contributed by atoms with Gasteiger partial charge < -0.3 is 20.4 Å². The summed E-state index contributed by atoms with van der Waals surface area (Å²) in [6, 6.07) is -1.28. The third kappa shape index (κ3) is 4.38. The molecule has 0 radical (unpaired) electrons. The summed E-state index contributed by atoms with van der Waals surface area (Å²) in [5.74, 6) is -0.936. The van der Waals surface area contributed by atoms with Crippen molar-refractivity contribution in [1.82, 2.24) is 10.2 Å². The minimum atomic E-state index is -1.03. The van der Waals surface area contributed by atoms with Crippen LogP contribution in [-0.4, -0.2) is 52.9 Å². The van der Waals surface area contributed by atoms with E-state index in [1.54, 1.807) is 25.7 Å². The first-order valence-electron chi connectivity index (χ1n) is 6.64. The number of aliphatic hydroxyl groups excluding tert-OH is 1. The summed E-state index contributed by atoms with van der Waals surface area (Å²) in [4.78, 5) is 24.9. The smallest absolute Gasteiger partial charge is 0.326 e. The molecule has 0 aromatic heterocycles. The maximum atomic E-state index is 12.1. The Labute approximate surface area is 113 Å². The maximum Gasteiger partial charge on any atom is 0.326 e. The molecule has 1 aliphatic rings. The molecule has 1 fully saturated rings. The standard InChI is InChI=1S/C13H24N2O4/c1-13(2,3)10(11(17)18)14-12(19)15-6-4-5-9(7-15)8-16/h9-10,16H,4-8H2,1-3H3,(H,14,19)(H,17,18). The number of hydrogen-bond acceptors (Lipinski definition) is 3. The highest BCUT2D eigenvalue weighted by atomic mass is 16.4. The summed E-state index contributed by atoms with van der Waals surface area (Å²) in [6.45, 7) is 6.49. The van der Waals surface area contributed by atoms with E-state index in [9.17, 15) is 14.7 Å². The molecule has 1 heterocycles. The lowest BCUT2D eigenvalue weighted by Gasteiger charge is -2.35. The van der Waals surface area contributed by atoms with E-state index < -0.39 is 17.4 Å². The van der Waals surface area contributed by atoms with Crippen LogP contribution < -0.4 is 5.32 Å². The van der Waals surface area contributed by atoms with Crippen molar-refractivity contribution < 1.29 is 19.8 Å². The first kappa shape index (κ1) is 15.8. The quantitative estimate of drug-likeness (QED) is 0.712. The molecule has 6 heteroatoms. The number of piperidine rings is 1. The summed E-state index contributed by atoms with van der Waals surface area (Å²) < 4.78 is 0. The average molecular weight is 272 g/mol. The van der Waals surface area contributed by atoms with Crippen LogP contribution in [0, 0.1) is 11.3 Å². The van der Waals surface area contributed by atoms with Gasteiger partial charge >= 0.3 is 12.0 Å². The number of likely N-dealkylation sites (tertiary alicyclic amines) is 1. The molecule has 2 amide bonds. The fourth-order valence-corrected chi connectivity index (χ4v) is 2.26. The molecule has 2 atom stereocenters. The second-order valence-corrected chi connectivity index (χ2v) is 6.22. The third-order valence-electron chi connectivity index (χ3n) is 3.45. The molecule has 19 heavy (non-hydrogen) atoms. The normalized spacial score (nSPS) is 21.9. The third-order valence-corrected chi connectivity index (χ3v) is 3.45. The Balaban J connectivity index is 2.64. The van der Waals surface area contributed by atoms with E-state index >= 15 is 0 Å². The van der Waals surface area contributed by atoms with Crippen LogP contribution in [0.4, 0.5) is 4.79 Å². The molecule has 2 unspecified atom stereocenters. The van der Waals surface area contributed by atoms with Gasteiger partial charge in [0.2, 0.25) is 0 Å². The van der Waals surface area contributed by atoms with Gasteiger partial charge in [0.1, 0.15) is 6.04 Å². The van der Waals surface area contributed by atoms with Gasteiger partial charge in [0, 0.05) is 19.7 Å². The summed E-state index contributed by atoms with van der Waals surface area (Å²) >= 11 is 0. The van der Waals surface area contributed by atoms with E-state index in [1.807, 2.05) is 0 Å². The number of urea groups is 1. The first-order valence-corrected chi connectivity index (χ1v) is 6.64. The van der Waals surface area contributed by atoms with Crippen molar-refractivity contribution in [3.05, 3.63) is 0 Å². The summed E-state index contributed by atoms with van der Waals surface area (Å²) in [6.07, 6.45) is 1.74. The summed E-state index contributed by atoms with van der Waals surface area (Å²) in [5, 5.41) is 20.9. The van der Waals surface area contributed by atoms with E-state index in [2.05, 4.69) is 5.32 Å². The van der Waals surface area contributed by atoms with E-state index in [1.165, 1.54) is 0 Å². The minimum absolute atomic E-state index is 0.0609. The van der Waals surface area contributed by atoms with Crippen molar-refractivity contribution in [3.63, 3.8) is 0 Å². The highest BCUT2D eigenvalue weighted by Crippen LogP contribution is 2.21. The number of carbonyl (C=O) groups excluding carboxylic acids is 1. The molecule has 0 saturated carbocycles. The lowest BCUT2D eigenvalue weighted by molar-refractivity contribution is -0.142. The highest BCUT2D eigenvalue weighted by Gasteiger charge is 2.34. The Morgan fingerprint density at radius 2 is 2.05 bits per heavy atom. The van der Waals surface area contributed by atoms with Gasteiger partial charge in [0.05, 0.1) is 0 Å². The van der Waals surface area contributed by atoms with Crippen LogP contribution in [0.5, 0.6) is 0 Å². The molecule has 6 nitrogen and oxygen atoms in total. The number of aliphatic carboxylic acids is 1. The van der Waals surface area contributed by atoms with Crippen LogP contribution >= 0.6 is 0 Å². The van der Waals surface area contributed by atoms with Crippen LogP contribution in [0.1, 0.15) is 33.6 Å². The van der Waals surface area contributed by atoms with Crippen molar-refractivity contribution in [2.45, 2.75) is 39.7 Å². The molecule has 0 aliphatic carbocycles. The van der Waals surface area contributed by atoms with Crippen molar-refractivity contribution in [1.29, 1.82) is 0 Å². The van der Waals surface area contributed by atoms with E-state index in [0.29, 0.717) is 13.1 Å². The Morgan fingerprint density at radius 3 is 2.53 bits per heavy atom. The second-order valence-electron chi connectivity index (χ2n) is 6.22. The lowest BCUT2D eigenvalue weighted by atomic mass is 9.87. The van der Waals surface area contributed by atoms with Gasteiger partial charge in [0.15, 0.2) is 0 Å². The van der Waals surface area contributed by atoms with Gasteiger partial charge in [-0.15, -0.1) is 0 Å². The maximum absolute atomic E-state index is 12.1. The molecular weight excluding hydrogens is 248 g/mol. The number of carboxylic acids is 1. The Morgan fingerprint density at radius 1 is 1.42 bits per heavy atom. The predicted octanol–water partition coefficient (Wildman–Crippen LogP) is 0.900. The molecule has 1 rings (SSSR count). The summed E-state index contributed by atoms with van der Waals surface area (Å²) in [5.41, 5.74) is -0.548. The number of carboxylic acid groups (broad SMARTS) is 1. The number of rotatable bonds is 3. The van der Waals surface area contributed by atoms with Crippen molar-refractivity contribution in [3.8, 4) is 0 Å². The van der Waals surface area contributed by atoms with Gasteiger partial charge in [-0.05, 0) is 24.2 Å². The molecule has 0 aromatic carbocycles. The number of nitrogens with zero attached hydrogens (tertiary/aromatic N) is 1. The van der Waals surface area contributed by atoms with Crippen molar-refractivity contribution >= 4 is 12.0 Å². The molecule has 1 aliphatic heterocycles. The molecule has 1 saturated heterocycles. The van der Waals surface area contributed by atoms with Crippen LogP contribution in [0.3, 0.4) is 0 Å². The average Bonchev–Trinajstić information content (AvgIpc) is 2.33. The predicted molar refractivity (Wildman–Crippen MR) is 70.8 cm³/mol. The molecule has 3 N–H and O–H groups in total. The summed E-state index contributed by atoms with van der Waals surface area (Å²) in [7, 11) is 0. The molecule has 0 spiro atoms. The van der Waals surface area contributed by atoms with E-state index in [4.69, 9.17) is 5.11 Å². The fraction of sp³-hybridized carbons (Fsp3) is 0.846. The van der Waals surface area contributed by atoms with Gasteiger partial charge in [-0.2, -0.15) is 0 Å². The zero-order valence-electron chi connectivity index (χ0n) is 11.8. The number of nitrogens with one attached hydrogen (secondary N) is 1. The second kappa shape index (κ2) is 6.23. The van der Waals surface area contributed by atoms with Gasteiger partial charge in [-0.1, -0.05) is 20.8 Å². The fourth-order valence-electron chi connectivity index (χ4n) is 2.26. The first-order chi connectivity index (χ1) is 8.75. The Kier molecular flexibility index (Phi) is 5.17. The highest BCUT2D eigenvalue weighted by molar-refractivity contribution is 5.83. The van der Waals surface area contributed by atoms with Gasteiger partial charge in [-0.3, -0.25) is 0 Å².